The number of hydrogen-bond acceptors (Lipinski definition) is 3. The van der Waals surface area contributed by atoms with Crippen molar-refractivity contribution in [2.45, 2.75) is 31.7 Å². The maximum absolute atomic E-state index is 11.9. The fraction of sp³-hybridized carbons (Fsp3) is 0.533. The van der Waals surface area contributed by atoms with E-state index in [1.807, 2.05) is 24.3 Å². The lowest BCUT2D eigenvalue weighted by Crippen LogP contribution is -2.28. The van der Waals surface area contributed by atoms with Gasteiger partial charge in [0.05, 0.1) is 12.6 Å². The lowest BCUT2D eigenvalue weighted by Gasteiger charge is -2.18. The van der Waals surface area contributed by atoms with E-state index < -0.39 is 0 Å². The number of ether oxygens (including phenoxy) is 2. The molecule has 0 fully saturated rings. The van der Waals surface area contributed by atoms with Gasteiger partial charge in [-0.3, -0.25) is 4.79 Å². The number of para-hydroxylation sites is 1. The molecule has 0 bridgehead atoms. The van der Waals surface area contributed by atoms with E-state index in [1.165, 1.54) is 0 Å². The van der Waals surface area contributed by atoms with Crippen LogP contribution in [0.4, 0.5) is 0 Å². The zero-order chi connectivity index (χ0) is 13.5. The first-order valence-electron chi connectivity index (χ1n) is 6.81. The molecule has 19 heavy (non-hydrogen) atoms. The van der Waals surface area contributed by atoms with Gasteiger partial charge < -0.3 is 14.8 Å². The maximum Gasteiger partial charge on any atom is 0.220 e. The van der Waals surface area contributed by atoms with Gasteiger partial charge in [-0.1, -0.05) is 18.2 Å². The van der Waals surface area contributed by atoms with Crippen LogP contribution in [0.25, 0.3) is 0 Å². The van der Waals surface area contributed by atoms with Crippen molar-refractivity contribution in [1.82, 2.24) is 5.32 Å². The maximum atomic E-state index is 11.9. The fourth-order valence-corrected chi connectivity index (χ4v) is 2.32. The molecule has 1 heterocycles. The van der Waals surface area contributed by atoms with Gasteiger partial charge in [0.1, 0.15) is 5.75 Å². The highest BCUT2D eigenvalue weighted by atomic mass is 16.5. The smallest absolute Gasteiger partial charge is 0.220 e. The fourth-order valence-electron chi connectivity index (χ4n) is 2.32. The van der Waals surface area contributed by atoms with E-state index in [4.69, 9.17) is 9.47 Å². The topological polar surface area (TPSA) is 47.6 Å². The monoisotopic (exact) mass is 263 g/mol. The number of carbonyl (C=O) groups excluding carboxylic acids is 1. The number of carbonyl (C=O) groups is 1. The first-order chi connectivity index (χ1) is 9.31. The minimum atomic E-state index is 0.0637. The van der Waals surface area contributed by atoms with Crippen LogP contribution in [0.15, 0.2) is 24.3 Å². The molecule has 1 N–H and O–H groups in total. The molecule has 1 amide bonds. The molecule has 0 spiro atoms. The summed E-state index contributed by atoms with van der Waals surface area (Å²) < 4.78 is 10.6. The summed E-state index contributed by atoms with van der Waals surface area (Å²) in [6, 6.07) is 8.00. The molecular weight excluding hydrogens is 242 g/mol. The molecule has 0 radical (unpaired) electrons. The SMILES string of the molecule is COCCCC(=O)N[C@H]1CCCOc2ccccc21. The molecule has 1 aliphatic heterocycles. The van der Waals surface area contributed by atoms with E-state index in [-0.39, 0.29) is 11.9 Å². The number of fused-ring (bicyclic) bond motifs is 1. The highest BCUT2D eigenvalue weighted by Crippen LogP contribution is 2.31. The van der Waals surface area contributed by atoms with Gasteiger partial charge in [-0.05, 0) is 25.3 Å². The van der Waals surface area contributed by atoms with Crippen molar-refractivity contribution in [2.24, 2.45) is 0 Å². The van der Waals surface area contributed by atoms with E-state index in [0.29, 0.717) is 19.6 Å². The van der Waals surface area contributed by atoms with Crippen LogP contribution in [0, 0.1) is 0 Å². The first-order valence-corrected chi connectivity index (χ1v) is 6.81. The Morgan fingerprint density at radius 2 is 2.32 bits per heavy atom. The molecule has 1 atom stereocenters. The van der Waals surface area contributed by atoms with E-state index in [0.717, 1.165) is 30.6 Å². The van der Waals surface area contributed by atoms with Crippen LogP contribution >= 0.6 is 0 Å². The summed E-state index contributed by atoms with van der Waals surface area (Å²) in [7, 11) is 1.65. The van der Waals surface area contributed by atoms with Crippen molar-refractivity contribution in [3.05, 3.63) is 29.8 Å². The lowest BCUT2D eigenvalue weighted by atomic mass is 10.0. The van der Waals surface area contributed by atoms with Crippen LogP contribution < -0.4 is 10.1 Å². The molecular formula is C15H21NO3. The van der Waals surface area contributed by atoms with Gasteiger partial charge >= 0.3 is 0 Å². The lowest BCUT2D eigenvalue weighted by molar-refractivity contribution is -0.122. The molecule has 1 aliphatic rings. The second-order valence-corrected chi connectivity index (χ2v) is 4.74. The van der Waals surface area contributed by atoms with Crippen molar-refractivity contribution >= 4 is 5.91 Å². The summed E-state index contributed by atoms with van der Waals surface area (Å²) in [6.07, 6.45) is 3.14. The van der Waals surface area contributed by atoms with Crippen LogP contribution in [0.5, 0.6) is 5.75 Å². The van der Waals surface area contributed by atoms with Gasteiger partial charge in [-0.2, -0.15) is 0 Å². The van der Waals surface area contributed by atoms with Crippen LogP contribution in [-0.2, 0) is 9.53 Å². The molecule has 0 saturated carbocycles. The Morgan fingerprint density at radius 3 is 3.16 bits per heavy atom. The summed E-state index contributed by atoms with van der Waals surface area (Å²) in [4.78, 5) is 11.9. The largest absolute Gasteiger partial charge is 0.493 e. The third kappa shape index (κ3) is 3.96. The number of methoxy groups -OCH3 is 1. The third-order valence-corrected chi connectivity index (χ3v) is 3.28. The number of benzene rings is 1. The van der Waals surface area contributed by atoms with Gasteiger partial charge in [-0.15, -0.1) is 0 Å². The predicted molar refractivity (Wildman–Crippen MR) is 73.2 cm³/mol. The highest BCUT2D eigenvalue weighted by Gasteiger charge is 2.20. The molecule has 4 heteroatoms. The van der Waals surface area contributed by atoms with Crippen molar-refractivity contribution in [2.75, 3.05) is 20.3 Å². The molecule has 0 unspecified atom stereocenters. The first kappa shape index (κ1) is 13.9. The van der Waals surface area contributed by atoms with E-state index in [2.05, 4.69) is 5.32 Å². The molecule has 1 aromatic carbocycles. The average Bonchev–Trinajstić information content (AvgIpc) is 2.62. The number of amides is 1. The quantitative estimate of drug-likeness (QED) is 0.830. The second-order valence-electron chi connectivity index (χ2n) is 4.74. The second kappa shape index (κ2) is 7.14. The van der Waals surface area contributed by atoms with Crippen molar-refractivity contribution in [3.8, 4) is 5.75 Å². The van der Waals surface area contributed by atoms with Gasteiger partial charge in [0.15, 0.2) is 0 Å². The Morgan fingerprint density at radius 1 is 1.47 bits per heavy atom. The van der Waals surface area contributed by atoms with Gasteiger partial charge in [0.2, 0.25) is 5.91 Å². The number of rotatable bonds is 5. The zero-order valence-electron chi connectivity index (χ0n) is 11.4. The van der Waals surface area contributed by atoms with Crippen LogP contribution in [0.3, 0.4) is 0 Å². The minimum absolute atomic E-state index is 0.0637. The van der Waals surface area contributed by atoms with Gasteiger partial charge in [0, 0.05) is 25.7 Å². The summed E-state index contributed by atoms with van der Waals surface area (Å²) in [5.41, 5.74) is 1.08. The van der Waals surface area contributed by atoms with E-state index in [9.17, 15) is 4.79 Å². The molecule has 0 aromatic heterocycles. The minimum Gasteiger partial charge on any atom is -0.493 e. The van der Waals surface area contributed by atoms with Crippen LogP contribution in [0.1, 0.15) is 37.3 Å². The highest BCUT2D eigenvalue weighted by molar-refractivity contribution is 5.76. The van der Waals surface area contributed by atoms with Crippen molar-refractivity contribution in [1.29, 1.82) is 0 Å². The van der Waals surface area contributed by atoms with Crippen LogP contribution in [-0.4, -0.2) is 26.2 Å². The molecule has 0 saturated heterocycles. The normalized spacial score (nSPS) is 18.1. The van der Waals surface area contributed by atoms with Gasteiger partial charge in [-0.25, -0.2) is 0 Å². The average molecular weight is 263 g/mol. The molecule has 104 valence electrons. The molecule has 1 aromatic rings. The molecule has 4 nitrogen and oxygen atoms in total. The predicted octanol–water partition coefficient (Wildman–Crippen LogP) is 2.44. The summed E-state index contributed by atoms with van der Waals surface area (Å²) in [6.45, 7) is 1.34. The Kier molecular flexibility index (Phi) is 5.21. The van der Waals surface area contributed by atoms with E-state index in [1.54, 1.807) is 7.11 Å². The zero-order valence-corrected chi connectivity index (χ0v) is 11.4. The molecule has 0 aliphatic carbocycles. The summed E-state index contributed by atoms with van der Waals surface area (Å²) >= 11 is 0. The van der Waals surface area contributed by atoms with E-state index >= 15 is 0 Å². The third-order valence-electron chi connectivity index (χ3n) is 3.28. The van der Waals surface area contributed by atoms with Crippen molar-refractivity contribution in [3.63, 3.8) is 0 Å². The Balaban J connectivity index is 1.98. The Labute approximate surface area is 114 Å². The van der Waals surface area contributed by atoms with Crippen LogP contribution in [0.2, 0.25) is 0 Å². The van der Waals surface area contributed by atoms with Gasteiger partial charge in [0.25, 0.3) is 0 Å². The molecule has 2 rings (SSSR count). The standard InChI is InChI=1S/C15H21NO3/c1-18-10-5-9-15(17)16-13-7-4-11-19-14-8-3-2-6-12(13)14/h2-3,6,8,13H,4-5,7,9-11H2,1H3,(H,16,17)/t13-/m0/s1. The number of nitrogens with one attached hydrogen (secondary N) is 1. The number of hydrogen-bond donors (Lipinski definition) is 1. The Bertz CT molecular complexity index is 420. The Hall–Kier alpha value is -1.55. The summed E-state index contributed by atoms with van der Waals surface area (Å²) in [5.74, 6) is 0.973. The summed E-state index contributed by atoms with van der Waals surface area (Å²) in [5, 5.41) is 3.10. The van der Waals surface area contributed by atoms with Crippen molar-refractivity contribution < 1.29 is 14.3 Å².